The van der Waals surface area contributed by atoms with Crippen molar-refractivity contribution in [2.45, 2.75) is 25.9 Å². The zero-order chi connectivity index (χ0) is 10.9. The van der Waals surface area contributed by atoms with E-state index in [2.05, 4.69) is 21.0 Å². The number of hydrogen-bond donors (Lipinski definition) is 2. The Morgan fingerprint density at radius 1 is 1.67 bits per heavy atom. The molecule has 0 bridgehead atoms. The topological polar surface area (TPSA) is 67.3 Å². The Morgan fingerprint density at radius 3 is 3.20 bits per heavy atom. The van der Waals surface area contributed by atoms with E-state index in [4.69, 9.17) is 4.74 Å². The molecule has 1 aromatic rings. The second-order valence-corrected chi connectivity index (χ2v) is 3.82. The summed E-state index contributed by atoms with van der Waals surface area (Å²) in [6.07, 6.45) is 3.33. The highest BCUT2D eigenvalue weighted by Crippen LogP contribution is 2.04. The predicted octanol–water partition coefficient (Wildman–Crippen LogP) is 0.667. The molecule has 0 fully saturated rings. The zero-order valence-electron chi connectivity index (χ0n) is 8.85. The molecule has 0 aliphatic heterocycles. The quantitative estimate of drug-likeness (QED) is 0.644. The van der Waals surface area contributed by atoms with Crippen LogP contribution in [-0.4, -0.2) is 39.7 Å². The SMILES string of the molecule is CCCCNCC(O)COc1cnsn1. The molecule has 0 aromatic carbocycles. The lowest BCUT2D eigenvalue weighted by Crippen LogP contribution is -2.31. The minimum Gasteiger partial charge on any atom is -0.473 e. The maximum absolute atomic E-state index is 9.52. The summed E-state index contributed by atoms with van der Waals surface area (Å²) in [7, 11) is 0. The van der Waals surface area contributed by atoms with Gasteiger partial charge < -0.3 is 15.2 Å². The first-order valence-electron chi connectivity index (χ1n) is 5.12. The molecule has 1 unspecified atom stereocenters. The minimum atomic E-state index is -0.497. The molecule has 1 aromatic heterocycles. The molecule has 15 heavy (non-hydrogen) atoms. The van der Waals surface area contributed by atoms with Crippen LogP contribution in [0.15, 0.2) is 6.20 Å². The van der Waals surface area contributed by atoms with Crippen LogP contribution in [0.25, 0.3) is 0 Å². The highest BCUT2D eigenvalue weighted by atomic mass is 32.1. The van der Waals surface area contributed by atoms with Gasteiger partial charge in [0.15, 0.2) is 0 Å². The molecule has 1 heterocycles. The fourth-order valence-electron chi connectivity index (χ4n) is 1.03. The van der Waals surface area contributed by atoms with Crippen molar-refractivity contribution in [1.82, 2.24) is 14.1 Å². The Morgan fingerprint density at radius 2 is 2.53 bits per heavy atom. The molecule has 6 heteroatoms. The van der Waals surface area contributed by atoms with E-state index in [-0.39, 0.29) is 6.61 Å². The summed E-state index contributed by atoms with van der Waals surface area (Å²) in [5.41, 5.74) is 0. The normalized spacial score (nSPS) is 12.7. The van der Waals surface area contributed by atoms with E-state index in [1.54, 1.807) is 6.20 Å². The zero-order valence-corrected chi connectivity index (χ0v) is 9.66. The van der Waals surface area contributed by atoms with E-state index in [0.717, 1.165) is 31.1 Å². The van der Waals surface area contributed by atoms with E-state index in [1.165, 1.54) is 0 Å². The third kappa shape index (κ3) is 5.66. The Balaban J connectivity index is 2.01. The van der Waals surface area contributed by atoms with Crippen LogP contribution in [0.2, 0.25) is 0 Å². The number of nitrogens with one attached hydrogen (secondary N) is 1. The lowest BCUT2D eigenvalue weighted by molar-refractivity contribution is 0.104. The van der Waals surface area contributed by atoms with Crippen molar-refractivity contribution in [3.05, 3.63) is 6.20 Å². The van der Waals surface area contributed by atoms with E-state index >= 15 is 0 Å². The van der Waals surface area contributed by atoms with Crippen molar-refractivity contribution in [3.63, 3.8) is 0 Å². The standard InChI is InChI=1S/C9H17N3O2S/c1-2-3-4-10-5-8(13)7-14-9-6-11-15-12-9/h6,8,10,13H,2-5,7H2,1H3. The van der Waals surface area contributed by atoms with Crippen molar-refractivity contribution >= 4 is 11.7 Å². The van der Waals surface area contributed by atoms with Gasteiger partial charge in [0.1, 0.15) is 18.9 Å². The van der Waals surface area contributed by atoms with Crippen LogP contribution in [0.5, 0.6) is 5.88 Å². The van der Waals surface area contributed by atoms with Gasteiger partial charge >= 0.3 is 0 Å². The maximum Gasteiger partial charge on any atom is 0.245 e. The van der Waals surface area contributed by atoms with Crippen LogP contribution < -0.4 is 10.1 Å². The van der Waals surface area contributed by atoms with Crippen molar-refractivity contribution in [3.8, 4) is 5.88 Å². The number of unbranched alkanes of at least 4 members (excludes halogenated alkanes) is 1. The first-order chi connectivity index (χ1) is 7.33. The number of ether oxygens (including phenoxy) is 1. The molecule has 2 N–H and O–H groups in total. The van der Waals surface area contributed by atoms with E-state index in [9.17, 15) is 5.11 Å². The van der Waals surface area contributed by atoms with Crippen LogP contribution in [0.1, 0.15) is 19.8 Å². The molecular weight excluding hydrogens is 214 g/mol. The van der Waals surface area contributed by atoms with Gasteiger partial charge in [-0.3, -0.25) is 0 Å². The molecule has 0 radical (unpaired) electrons. The van der Waals surface area contributed by atoms with E-state index in [1.807, 2.05) is 0 Å². The fraction of sp³-hybridized carbons (Fsp3) is 0.778. The summed E-state index contributed by atoms with van der Waals surface area (Å²) in [5, 5.41) is 12.7. The number of aliphatic hydroxyl groups excluding tert-OH is 1. The Labute approximate surface area is 93.8 Å². The lowest BCUT2D eigenvalue weighted by atomic mass is 10.3. The maximum atomic E-state index is 9.52. The second kappa shape index (κ2) is 7.56. The molecule has 0 amide bonds. The van der Waals surface area contributed by atoms with Gasteiger partial charge in [-0.2, -0.15) is 4.37 Å². The van der Waals surface area contributed by atoms with Crippen molar-refractivity contribution in [1.29, 1.82) is 0 Å². The predicted molar refractivity (Wildman–Crippen MR) is 59.2 cm³/mol. The molecule has 0 spiro atoms. The number of nitrogens with zero attached hydrogens (tertiary/aromatic N) is 2. The molecule has 1 atom stereocenters. The van der Waals surface area contributed by atoms with Crippen LogP contribution >= 0.6 is 11.7 Å². The Bertz CT molecular complexity index is 244. The van der Waals surface area contributed by atoms with Crippen molar-refractivity contribution in [2.24, 2.45) is 0 Å². The third-order valence-electron chi connectivity index (χ3n) is 1.85. The van der Waals surface area contributed by atoms with Gasteiger partial charge in [0, 0.05) is 6.54 Å². The summed E-state index contributed by atoms with van der Waals surface area (Å²) in [6.45, 7) is 3.88. The van der Waals surface area contributed by atoms with Crippen LogP contribution in [0.3, 0.4) is 0 Å². The van der Waals surface area contributed by atoms with E-state index < -0.39 is 6.10 Å². The Hall–Kier alpha value is -0.720. The van der Waals surface area contributed by atoms with Gasteiger partial charge in [-0.1, -0.05) is 13.3 Å². The summed E-state index contributed by atoms with van der Waals surface area (Å²) in [4.78, 5) is 0. The van der Waals surface area contributed by atoms with Gasteiger partial charge in [0.2, 0.25) is 5.88 Å². The summed E-state index contributed by atoms with van der Waals surface area (Å²) >= 11 is 1.09. The van der Waals surface area contributed by atoms with Crippen molar-refractivity contribution < 1.29 is 9.84 Å². The molecule has 1 rings (SSSR count). The molecule has 0 aliphatic rings. The molecule has 86 valence electrons. The molecule has 0 aliphatic carbocycles. The molecule has 0 saturated heterocycles. The summed E-state index contributed by atoms with van der Waals surface area (Å²) in [6, 6.07) is 0. The monoisotopic (exact) mass is 231 g/mol. The number of hydrogen-bond acceptors (Lipinski definition) is 6. The second-order valence-electron chi connectivity index (χ2n) is 3.27. The van der Waals surface area contributed by atoms with Crippen LogP contribution in [0, 0.1) is 0 Å². The van der Waals surface area contributed by atoms with Gasteiger partial charge in [0.25, 0.3) is 0 Å². The summed E-state index contributed by atoms with van der Waals surface area (Å²) < 4.78 is 12.9. The van der Waals surface area contributed by atoms with Crippen LogP contribution in [0.4, 0.5) is 0 Å². The molecular formula is C9H17N3O2S. The lowest BCUT2D eigenvalue weighted by Gasteiger charge is -2.11. The van der Waals surface area contributed by atoms with Crippen LogP contribution in [-0.2, 0) is 0 Å². The Kier molecular flexibility index (Phi) is 6.22. The van der Waals surface area contributed by atoms with Gasteiger partial charge in [0.05, 0.1) is 11.7 Å². The first kappa shape index (κ1) is 12.4. The third-order valence-corrected chi connectivity index (χ3v) is 2.31. The number of aliphatic hydroxyl groups is 1. The highest BCUT2D eigenvalue weighted by molar-refractivity contribution is 6.99. The number of aromatic nitrogens is 2. The van der Waals surface area contributed by atoms with Gasteiger partial charge in [-0.05, 0) is 13.0 Å². The average Bonchev–Trinajstić information content (AvgIpc) is 2.74. The fourth-order valence-corrected chi connectivity index (χ4v) is 1.40. The van der Waals surface area contributed by atoms with Crippen molar-refractivity contribution in [2.75, 3.05) is 19.7 Å². The molecule has 5 nitrogen and oxygen atoms in total. The van der Waals surface area contributed by atoms with Gasteiger partial charge in [-0.25, -0.2) is 0 Å². The first-order valence-corrected chi connectivity index (χ1v) is 5.85. The van der Waals surface area contributed by atoms with Gasteiger partial charge in [-0.15, -0.1) is 4.37 Å². The smallest absolute Gasteiger partial charge is 0.245 e. The largest absolute Gasteiger partial charge is 0.473 e. The number of rotatable bonds is 8. The average molecular weight is 231 g/mol. The van der Waals surface area contributed by atoms with E-state index in [0.29, 0.717) is 12.4 Å². The minimum absolute atomic E-state index is 0.255. The summed E-state index contributed by atoms with van der Waals surface area (Å²) in [5.74, 6) is 0.479. The highest BCUT2D eigenvalue weighted by Gasteiger charge is 2.05. The molecule has 0 saturated carbocycles.